The molecule has 0 aromatic rings. The van der Waals surface area contributed by atoms with Gasteiger partial charge in [0.2, 0.25) is 11.8 Å². The molecule has 20 heavy (non-hydrogen) atoms. The Labute approximate surface area is 122 Å². The summed E-state index contributed by atoms with van der Waals surface area (Å²) < 4.78 is 5.56. The number of rotatable bonds is 8. The Morgan fingerprint density at radius 3 is 2.75 bits per heavy atom. The molecule has 0 bridgehead atoms. The van der Waals surface area contributed by atoms with E-state index in [0.29, 0.717) is 38.5 Å². The lowest BCUT2D eigenvalue weighted by molar-refractivity contribution is -0.134. The van der Waals surface area contributed by atoms with E-state index < -0.39 is 0 Å². The molecule has 1 unspecified atom stereocenters. The van der Waals surface area contributed by atoms with Crippen LogP contribution < -0.4 is 5.32 Å². The molecule has 0 saturated carbocycles. The Hall–Kier alpha value is -1.10. The standard InChI is InChI=1S/C15H28N2O3/c1-4-5-13-15(19)17(8-6-14(18)16-13)9-11-20-10-7-12(2)3/h12-13H,4-11H2,1-3H3,(H,16,18). The highest BCUT2D eigenvalue weighted by Crippen LogP contribution is 2.08. The third kappa shape index (κ3) is 5.90. The highest BCUT2D eigenvalue weighted by molar-refractivity contribution is 5.89. The lowest BCUT2D eigenvalue weighted by atomic mass is 10.1. The van der Waals surface area contributed by atoms with Crippen LogP contribution in [0.2, 0.25) is 0 Å². The molecular formula is C15H28N2O3. The second-order valence-electron chi connectivity index (χ2n) is 5.78. The van der Waals surface area contributed by atoms with E-state index in [1.165, 1.54) is 0 Å². The van der Waals surface area contributed by atoms with Crippen molar-refractivity contribution in [1.82, 2.24) is 10.2 Å². The van der Waals surface area contributed by atoms with Gasteiger partial charge in [0.25, 0.3) is 0 Å². The molecule has 0 aromatic carbocycles. The zero-order valence-corrected chi connectivity index (χ0v) is 13.0. The first-order valence-electron chi connectivity index (χ1n) is 7.70. The molecule has 1 aliphatic rings. The average molecular weight is 284 g/mol. The highest BCUT2D eigenvalue weighted by atomic mass is 16.5. The van der Waals surface area contributed by atoms with Crippen LogP contribution in [0.1, 0.15) is 46.5 Å². The van der Waals surface area contributed by atoms with Crippen molar-refractivity contribution in [2.45, 2.75) is 52.5 Å². The second kappa shape index (κ2) is 8.95. The number of carbonyl (C=O) groups excluding carboxylic acids is 2. The van der Waals surface area contributed by atoms with Crippen LogP contribution >= 0.6 is 0 Å². The van der Waals surface area contributed by atoms with Crippen molar-refractivity contribution >= 4 is 11.8 Å². The Morgan fingerprint density at radius 1 is 1.35 bits per heavy atom. The van der Waals surface area contributed by atoms with Crippen LogP contribution in [0.4, 0.5) is 0 Å². The maximum absolute atomic E-state index is 12.3. The molecule has 1 saturated heterocycles. The summed E-state index contributed by atoms with van der Waals surface area (Å²) in [5.74, 6) is 0.635. The van der Waals surface area contributed by atoms with E-state index in [2.05, 4.69) is 19.2 Å². The van der Waals surface area contributed by atoms with Crippen molar-refractivity contribution in [3.8, 4) is 0 Å². The predicted octanol–water partition coefficient (Wildman–Crippen LogP) is 1.57. The number of hydrogen-bond donors (Lipinski definition) is 1. The van der Waals surface area contributed by atoms with Crippen LogP contribution in [-0.2, 0) is 14.3 Å². The molecule has 116 valence electrons. The number of amides is 2. The molecule has 1 atom stereocenters. The lowest BCUT2D eigenvalue weighted by Gasteiger charge is -2.23. The third-order valence-electron chi connectivity index (χ3n) is 3.48. The normalized spacial score (nSPS) is 20.2. The number of hydrogen-bond acceptors (Lipinski definition) is 3. The first-order chi connectivity index (χ1) is 9.54. The Morgan fingerprint density at radius 2 is 2.10 bits per heavy atom. The van der Waals surface area contributed by atoms with Crippen molar-refractivity contribution in [1.29, 1.82) is 0 Å². The van der Waals surface area contributed by atoms with Gasteiger partial charge in [-0.3, -0.25) is 9.59 Å². The van der Waals surface area contributed by atoms with Crippen LogP contribution in [0.5, 0.6) is 0 Å². The fourth-order valence-electron chi connectivity index (χ4n) is 2.20. The highest BCUT2D eigenvalue weighted by Gasteiger charge is 2.28. The summed E-state index contributed by atoms with van der Waals surface area (Å²) in [4.78, 5) is 25.7. The van der Waals surface area contributed by atoms with Gasteiger partial charge < -0.3 is 15.0 Å². The molecule has 0 radical (unpaired) electrons. The summed E-state index contributed by atoms with van der Waals surface area (Å²) in [6, 6.07) is -0.356. The van der Waals surface area contributed by atoms with Crippen LogP contribution in [0.15, 0.2) is 0 Å². The molecule has 1 N–H and O–H groups in total. The topological polar surface area (TPSA) is 58.6 Å². The molecular weight excluding hydrogens is 256 g/mol. The van der Waals surface area contributed by atoms with Gasteiger partial charge in [-0.05, 0) is 18.8 Å². The van der Waals surface area contributed by atoms with E-state index in [0.717, 1.165) is 19.4 Å². The summed E-state index contributed by atoms with van der Waals surface area (Å²) in [7, 11) is 0. The van der Waals surface area contributed by atoms with E-state index in [4.69, 9.17) is 4.74 Å². The largest absolute Gasteiger partial charge is 0.380 e. The third-order valence-corrected chi connectivity index (χ3v) is 3.48. The van der Waals surface area contributed by atoms with E-state index >= 15 is 0 Å². The molecule has 1 rings (SSSR count). The molecule has 0 aromatic heterocycles. The van der Waals surface area contributed by atoms with Crippen molar-refractivity contribution in [2.24, 2.45) is 5.92 Å². The van der Waals surface area contributed by atoms with E-state index in [-0.39, 0.29) is 17.9 Å². The minimum atomic E-state index is -0.356. The Bertz CT molecular complexity index is 318. The summed E-state index contributed by atoms with van der Waals surface area (Å²) in [6.07, 6.45) is 3.01. The molecule has 2 amide bonds. The molecule has 0 spiro atoms. The fourth-order valence-corrected chi connectivity index (χ4v) is 2.20. The maximum atomic E-state index is 12.3. The first-order valence-corrected chi connectivity index (χ1v) is 7.70. The van der Waals surface area contributed by atoms with Crippen molar-refractivity contribution in [3.05, 3.63) is 0 Å². The van der Waals surface area contributed by atoms with Gasteiger partial charge in [0, 0.05) is 26.1 Å². The Balaban J connectivity index is 2.38. The zero-order valence-electron chi connectivity index (χ0n) is 13.0. The lowest BCUT2D eigenvalue weighted by Crippen LogP contribution is -2.45. The summed E-state index contributed by atoms with van der Waals surface area (Å²) in [5, 5.41) is 2.81. The monoisotopic (exact) mass is 284 g/mol. The van der Waals surface area contributed by atoms with Gasteiger partial charge in [-0.1, -0.05) is 27.2 Å². The first kappa shape index (κ1) is 17.0. The van der Waals surface area contributed by atoms with Gasteiger partial charge in [0.15, 0.2) is 0 Å². The fraction of sp³-hybridized carbons (Fsp3) is 0.867. The number of nitrogens with one attached hydrogen (secondary N) is 1. The van der Waals surface area contributed by atoms with Crippen LogP contribution in [0, 0.1) is 5.92 Å². The number of ether oxygens (including phenoxy) is 1. The van der Waals surface area contributed by atoms with Gasteiger partial charge in [-0.2, -0.15) is 0 Å². The summed E-state index contributed by atoms with van der Waals surface area (Å²) >= 11 is 0. The molecule has 0 aliphatic carbocycles. The van der Waals surface area contributed by atoms with Crippen LogP contribution in [-0.4, -0.2) is 49.1 Å². The Kier molecular flexibility index (Phi) is 7.59. The molecule has 5 nitrogen and oxygen atoms in total. The minimum Gasteiger partial charge on any atom is -0.380 e. The average Bonchev–Trinajstić information content (AvgIpc) is 2.51. The zero-order chi connectivity index (χ0) is 15.0. The molecule has 1 aliphatic heterocycles. The summed E-state index contributed by atoms with van der Waals surface area (Å²) in [5.41, 5.74) is 0. The van der Waals surface area contributed by atoms with Gasteiger partial charge in [0.05, 0.1) is 6.61 Å². The van der Waals surface area contributed by atoms with Gasteiger partial charge in [-0.25, -0.2) is 0 Å². The maximum Gasteiger partial charge on any atom is 0.245 e. The van der Waals surface area contributed by atoms with Gasteiger partial charge >= 0.3 is 0 Å². The predicted molar refractivity (Wildman–Crippen MR) is 78.3 cm³/mol. The van der Waals surface area contributed by atoms with Gasteiger partial charge in [0.1, 0.15) is 6.04 Å². The van der Waals surface area contributed by atoms with E-state index in [9.17, 15) is 9.59 Å². The van der Waals surface area contributed by atoms with Crippen molar-refractivity contribution in [2.75, 3.05) is 26.3 Å². The van der Waals surface area contributed by atoms with E-state index in [1.54, 1.807) is 4.90 Å². The SMILES string of the molecule is CCCC1NC(=O)CCN(CCOCCC(C)C)C1=O. The van der Waals surface area contributed by atoms with Gasteiger partial charge in [-0.15, -0.1) is 0 Å². The molecule has 5 heteroatoms. The number of carbonyl (C=O) groups is 2. The molecule has 1 fully saturated rings. The molecule has 1 heterocycles. The second-order valence-corrected chi connectivity index (χ2v) is 5.78. The van der Waals surface area contributed by atoms with Crippen molar-refractivity contribution < 1.29 is 14.3 Å². The van der Waals surface area contributed by atoms with Crippen LogP contribution in [0.3, 0.4) is 0 Å². The van der Waals surface area contributed by atoms with E-state index in [1.807, 2.05) is 6.92 Å². The van der Waals surface area contributed by atoms with Crippen LogP contribution in [0.25, 0.3) is 0 Å². The quantitative estimate of drug-likeness (QED) is 0.688. The minimum absolute atomic E-state index is 0.0278. The van der Waals surface area contributed by atoms with Crippen molar-refractivity contribution in [3.63, 3.8) is 0 Å². The smallest absolute Gasteiger partial charge is 0.245 e. The summed E-state index contributed by atoms with van der Waals surface area (Å²) in [6.45, 7) is 8.69. The number of nitrogens with zero attached hydrogens (tertiary/aromatic N) is 1.